The molecule has 0 radical (unpaired) electrons. The summed E-state index contributed by atoms with van der Waals surface area (Å²) < 4.78 is 32.4. The Morgan fingerprint density at radius 1 is 1.12 bits per heavy atom. The molecule has 2 unspecified atom stereocenters. The van der Waals surface area contributed by atoms with Gasteiger partial charge in [0.05, 0.1) is 12.2 Å². The van der Waals surface area contributed by atoms with Crippen molar-refractivity contribution in [3.05, 3.63) is 70.5 Å². The molecule has 0 bridgehead atoms. The van der Waals surface area contributed by atoms with Gasteiger partial charge in [-0.2, -0.15) is 5.26 Å². The SMILES string of the molecule is CC(C)(C)[Si](C)(C)OCc1ccc(C(OC2CCCCO2)c2ccc(F)c(C#N)c2)cc1. The van der Waals surface area contributed by atoms with Gasteiger partial charge in [-0.05, 0) is 66.2 Å². The van der Waals surface area contributed by atoms with Crippen LogP contribution in [-0.2, 0) is 20.5 Å². The fraction of sp³-hybridized carbons (Fsp3) is 0.500. The van der Waals surface area contributed by atoms with Crippen molar-refractivity contribution in [1.29, 1.82) is 5.26 Å². The van der Waals surface area contributed by atoms with Crippen molar-refractivity contribution in [2.45, 2.75) is 77.2 Å². The lowest BCUT2D eigenvalue weighted by molar-refractivity contribution is -0.181. The van der Waals surface area contributed by atoms with Gasteiger partial charge in [0.2, 0.25) is 0 Å². The van der Waals surface area contributed by atoms with Crippen molar-refractivity contribution in [1.82, 2.24) is 0 Å². The number of rotatable bonds is 7. The van der Waals surface area contributed by atoms with Crippen LogP contribution in [0.5, 0.6) is 0 Å². The highest BCUT2D eigenvalue weighted by molar-refractivity contribution is 6.74. The summed E-state index contributed by atoms with van der Waals surface area (Å²) in [6.45, 7) is 12.4. The molecule has 1 saturated heterocycles. The second-order valence-electron chi connectivity index (χ2n) is 9.95. The van der Waals surface area contributed by atoms with Crippen molar-refractivity contribution in [3.8, 4) is 6.07 Å². The normalized spacial score (nSPS) is 18.2. The van der Waals surface area contributed by atoms with Crippen LogP contribution in [0.1, 0.15) is 68.4 Å². The zero-order chi connectivity index (χ0) is 23.4. The van der Waals surface area contributed by atoms with Gasteiger partial charge in [0, 0.05) is 6.61 Å². The second kappa shape index (κ2) is 10.3. The molecule has 3 rings (SSSR count). The molecule has 1 fully saturated rings. The average Bonchev–Trinajstić information content (AvgIpc) is 2.77. The Hall–Kier alpha value is -2.04. The molecule has 0 aromatic heterocycles. The highest BCUT2D eigenvalue weighted by Gasteiger charge is 2.37. The summed E-state index contributed by atoms with van der Waals surface area (Å²) in [7, 11) is -1.83. The van der Waals surface area contributed by atoms with Gasteiger partial charge in [0.1, 0.15) is 18.0 Å². The van der Waals surface area contributed by atoms with Crippen LogP contribution >= 0.6 is 0 Å². The number of halogens is 1. The van der Waals surface area contributed by atoms with E-state index in [-0.39, 0.29) is 16.9 Å². The highest BCUT2D eigenvalue weighted by atomic mass is 28.4. The molecule has 0 saturated carbocycles. The van der Waals surface area contributed by atoms with Crippen LogP contribution < -0.4 is 0 Å². The standard InChI is InChI=1S/C26H34FNO3Si/c1-26(2,3)32(4,5)30-18-19-9-11-20(12-10-19)25(31-24-8-6-7-15-29-24)21-13-14-23(27)22(16-21)17-28/h9-14,16,24-25H,6-8,15,18H2,1-5H3. The summed E-state index contributed by atoms with van der Waals surface area (Å²) in [5, 5.41) is 9.43. The number of nitrogens with zero attached hydrogens (tertiary/aromatic N) is 1. The first-order chi connectivity index (χ1) is 15.1. The van der Waals surface area contributed by atoms with E-state index in [2.05, 4.69) is 46.0 Å². The van der Waals surface area contributed by atoms with Crippen LogP contribution in [-0.4, -0.2) is 21.2 Å². The van der Waals surface area contributed by atoms with Crippen molar-refractivity contribution in [3.63, 3.8) is 0 Å². The van der Waals surface area contributed by atoms with E-state index in [9.17, 15) is 9.65 Å². The number of hydrogen-bond acceptors (Lipinski definition) is 4. The third-order valence-corrected chi connectivity index (χ3v) is 11.0. The number of hydrogen-bond donors (Lipinski definition) is 0. The Morgan fingerprint density at radius 3 is 2.41 bits per heavy atom. The molecule has 2 aromatic carbocycles. The zero-order valence-corrected chi connectivity index (χ0v) is 20.8. The monoisotopic (exact) mass is 455 g/mol. The van der Waals surface area contributed by atoms with Gasteiger partial charge in [-0.15, -0.1) is 0 Å². The quantitative estimate of drug-likeness (QED) is 0.428. The van der Waals surface area contributed by atoms with E-state index in [1.807, 2.05) is 18.2 Å². The van der Waals surface area contributed by atoms with Crippen LogP contribution in [0.15, 0.2) is 42.5 Å². The minimum Gasteiger partial charge on any atom is -0.413 e. The molecule has 2 atom stereocenters. The maximum atomic E-state index is 13.9. The number of ether oxygens (including phenoxy) is 2. The van der Waals surface area contributed by atoms with Crippen LogP contribution in [0.25, 0.3) is 0 Å². The van der Waals surface area contributed by atoms with Gasteiger partial charge in [0.25, 0.3) is 0 Å². The molecular weight excluding hydrogens is 421 g/mol. The van der Waals surface area contributed by atoms with Crippen LogP contribution in [0.4, 0.5) is 4.39 Å². The Balaban J connectivity index is 1.82. The topological polar surface area (TPSA) is 51.5 Å². The van der Waals surface area contributed by atoms with Crippen molar-refractivity contribution in [2.75, 3.05) is 6.61 Å². The fourth-order valence-corrected chi connectivity index (χ4v) is 4.34. The van der Waals surface area contributed by atoms with E-state index < -0.39 is 20.2 Å². The molecular formula is C26H34FNO3Si. The molecule has 1 aliphatic heterocycles. The Labute approximate surface area is 192 Å². The molecule has 172 valence electrons. The summed E-state index contributed by atoms with van der Waals surface area (Å²) >= 11 is 0. The maximum Gasteiger partial charge on any atom is 0.192 e. The molecule has 1 heterocycles. The molecule has 6 heteroatoms. The summed E-state index contributed by atoms with van der Waals surface area (Å²) in [5.74, 6) is -0.526. The minimum absolute atomic E-state index is 0.0139. The predicted molar refractivity (Wildman–Crippen MR) is 126 cm³/mol. The Kier molecular flexibility index (Phi) is 7.89. The van der Waals surface area contributed by atoms with Gasteiger partial charge in [-0.3, -0.25) is 0 Å². The molecule has 4 nitrogen and oxygen atoms in total. The average molecular weight is 456 g/mol. The molecule has 1 aliphatic rings. The second-order valence-corrected chi connectivity index (χ2v) is 14.8. The zero-order valence-electron chi connectivity index (χ0n) is 19.8. The van der Waals surface area contributed by atoms with Gasteiger partial charge in [0.15, 0.2) is 14.6 Å². The van der Waals surface area contributed by atoms with E-state index in [0.717, 1.165) is 36.0 Å². The van der Waals surface area contributed by atoms with Crippen LogP contribution in [0.2, 0.25) is 18.1 Å². The van der Waals surface area contributed by atoms with Crippen LogP contribution in [0.3, 0.4) is 0 Å². The van der Waals surface area contributed by atoms with E-state index in [0.29, 0.717) is 13.2 Å². The van der Waals surface area contributed by atoms with E-state index in [1.165, 1.54) is 6.07 Å². The third-order valence-electron chi connectivity index (χ3n) is 6.53. The Bertz CT molecular complexity index is 941. The minimum atomic E-state index is -1.83. The summed E-state index contributed by atoms with van der Waals surface area (Å²) in [4.78, 5) is 0. The van der Waals surface area contributed by atoms with Gasteiger partial charge in [-0.25, -0.2) is 4.39 Å². The smallest absolute Gasteiger partial charge is 0.192 e. The summed E-state index contributed by atoms with van der Waals surface area (Å²) in [6.07, 6.45) is 2.14. The molecule has 0 amide bonds. The molecule has 32 heavy (non-hydrogen) atoms. The third kappa shape index (κ3) is 6.05. The summed E-state index contributed by atoms with van der Waals surface area (Å²) in [5.41, 5.74) is 2.79. The largest absolute Gasteiger partial charge is 0.413 e. The van der Waals surface area contributed by atoms with E-state index in [4.69, 9.17) is 13.9 Å². The number of nitriles is 1. The predicted octanol–water partition coefficient (Wildman–Crippen LogP) is 6.85. The maximum absolute atomic E-state index is 13.9. The van der Waals surface area contributed by atoms with Gasteiger partial charge >= 0.3 is 0 Å². The first-order valence-electron chi connectivity index (χ1n) is 11.3. The van der Waals surface area contributed by atoms with Crippen molar-refractivity contribution >= 4 is 8.32 Å². The fourth-order valence-electron chi connectivity index (χ4n) is 3.38. The highest BCUT2D eigenvalue weighted by Crippen LogP contribution is 2.37. The van der Waals surface area contributed by atoms with Crippen LogP contribution in [0, 0.1) is 17.1 Å². The van der Waals surface area contributed by atoms with Crippen molar-refractivity contribution in [2.24, 2.45) is 0 Å². The first-order valence-corrected chi connectivity index (χ1v) is 14.2. The van der Waals surface area contributed by atoms with Crippen molar-refractivity contribution < 1.29 is 18.3 Å². The molecule has 0 aliphatic carbocycles. The Morgan fingerprint density at radius 2 is 1.81 bits per heavy atom. The molecule has 0 spiro atoms. The van der Waals surface area contributed by atoms with Gasteiger partial charge < -0.3 is 13.9 Å². The number of benzene rings is 2. The lowest BCUT2D eigenvalue weighted by Crippen LogP contribution is -2.40. The lowest BCUT2D eigenvalue weighted by Gasteiger charge is -2.36. The molecule has 2 aromatic rings. The van der Waals surface area contributed by atoms with Gasteiger partial charge in [-0.1, -0.05) is 51.1 Å². The molecule has 0 N–H and O–H groups in total. The van der Waals surface area contributed by atoms with E-state index >= 15 is 0 Å². The summed E-state index contributed by atoms with van der Waals surface area (Å²) in [6, 6.07) is 14.6. The lowest BCUT2D eigenvalue weighted by atomic mass is 9.98. The first kappa shape index (κ1) is 24.6. The van der Waals surface area contributed by atoms with E-state index in [1.54, 1.807) is 12.1 Å².